The van der Waals surface area contributed by atoms with Gasteiger partial charge in [-0.1, -0.05) is 12.1 Å². The second kappa shape index (κ2) is 5.87. The van der Waals surface area contributed by atoms with Crippen molar-refractivity contribution in [1.82, 2.24) is 9.78 Å². The zero-order valence-electron chi connectivity index (χ0n) is 13.1. The van der Waals surface area contributed by atoms with Gasteiger partial charge in [0.15, 0.2) is 0 Å². The van der Waals surface area contributed by atoms with E-state index >= 15 is 0 Å². The summed E-state index contributed by atoms with van der Waals surface area (Å²) in [5.74, 6) is -2.07. The molecule has 2 unspecified atom stereocenters. The molecule has 23 heavy (non-hydrogen) atoms. The van der Waals surface area contributed by atoms with Crippen LogP contribution in [0.15, 0.2) is 30.3 Å². The molecule has 6 heteroatoms. The minimum Gasteiger partial charge on any atom is -0.481 e. The van der Waals surface area contributed by atoms with E-state index in [1.807, 2.05) is 42.8 Å². The van der Waals surface area contributed by atoms with Gasteiger partial charge in [0.05, 0.1) is 24.1 Å². The van der Waals surface area contributed by atoms with Gasteiger partial charge in [-0.25, -0.2) is 0 Å². The van der Waals surface area contributed by atoms with E-state index in [2.05, 4.69) is 10.4 Å². The lowest BCUT2D eigenvalue weighted by Crippen LogP contribution is -2.17. The molecule has 0 spiro atoms. The molecule has 1 aromatic heterocycles. The smallest absolute Gasteiger partial charge is 0.307 e. The first-order valence-electron chi connectivity index (χ1n) is 7.57. The van der Waals surface area contributed by atoms with Gasteiger partial charge in [-0.15, -0.1) is 0 Å². The Labute approximate surface area is 134 Å². The van der Waals surface area contributed by atoms with Crippen molar-refractivity contribution in [2.45, 2.75) is 26.8 Å². The number of nitrogens with zero attached hydrogens (tertiary/aromatic N) is 2. The number of hydrogen-bond donors (Lipinski definition) is 2. The van der Waals surface area contributed by atoms with Gasteiger partial charge in [0.2, 0.25) is 5.91 Å². The zero-order chi connectivity index (χ0) is 16.6. The lowest BCUT2D eigenvalue weighted by molar-refractivity contribution is -0.139. The normalized spacial score (nSPS) is 19.4. The topological polar surface area (TPSA) is 84.2 Å². The first-order valence-corrected chi connectivity index (χ1v) is 7.57. The third kappa shape index (κ3) is 3.41. The van der Waals surface area contributed by atoms with E-state index in [4.69, 9.17) is 5.11 Å². The van der Waals surface area contributed by atoms with Crippen molar-refractivity contribution in [3.8, 4) is 0 Å². The molecular weight excluding hydrogens is 294 g/mol. The van der Waals surface area contributed by atoms with Crippen LogP contribution >= 0.6 is 0 Å². The molecule has 1 amide bonds. The summed E-state index contributed by atoms with van der Waals surface area (Å²) in [6, 6.07) is 9.57. The first-order chi connectivity index (χ1) is 10.9. The minimum absolute atomic E-state index is 0.222. The van der Waals surface area contributed by atoms with Crippen molar-refractivity contribution in [3.63, 3.8) is 0 Å². The fraction of sp³-hybridized carbons (Fsp3) is 0.353. The van der Waals surface area contributed by atoms with Crippen LogP contribution in [-0.4, -0.2) is 26.8 Å². The number of aromatic nitrogens is 2. The molecular formula is C17H19N3O3. The lowest BCUT2D eigenvalue weighted by Gasteiger charge is -2.08. The number of anilines is 1. The highest BCUT2D eigenvalue weighted by molar-refractivity contribution is 5.98. The van der Waals surface area contributed by atoms with Gasteiger partial charge in [0.1, 0.15) is 0 Å². The van der Waals surface area contributed by atoms with Crippen LogP contribution in [0.5, 0.6) is 0 Å². The van der Waals surface area contributed by atoms with Gasteiger partial charge in [-0.2, -0.15) is 5.10 Å². The molecule has 3 rings (SSSR count). The second-order valence-electron chi connectivity index (χ2n) is 6.06. The maximum absolute atomic E-state index is 12.0. The van der Waals surface area contributed by atoms with Crippen LogP contribution < -0.4 is 5.32 Å². The third-order valence-corrected chi connectivity index (χ3v) is 4.07. The minimum atomic E-state index is -0.900. The number of carboxylic acid groups (broad SMARTS) is 1. The van der Waals surface area contributed by atoms with Gasteiger partial charge < -0.3 is 10.4 Å². The van der Waals surface area contributed by atoms with Crippen LogP contribution in [0.3, 0.4) is 0 Å². The number of carboxylic acids is 1. The van der Waals surface area contributed by atoms with Crippen molar-refractivity contribution in [2.24, 2.45) is 11.8 Å². The van der Waals surface area contributed by atoms with E-state index in [0.717, 1.165) is 17.0 Å². The average molecular weight is 313 g/mol. The largest absolute Gasteiger partial charge is 0.481 e. The molecule has 1 saturated carbocycles. The van der Waals surface area contributed by atoms with Crippen LogP contribution in [0.1, 0.15) is 23.4 Å². The summed E-state index contributed by atoms with van der Waals surface area (Å²) in [5.41, 5.74) is 3.77. The monoisotopic (exact) mass is 313 g/mol. The molecule has 2 atom stereocenters. The van der Waals surface area contributed by atoms with E-state index in [1.165, 1.54) is 0 Å². The molecule has 0 aliphatic heterocycles. The Kier molecular flexibility index (Phi) is 3.90. The maximum atomic E-state index is 12.0. The van der Waals surface area contributed by atoms with Crippen LogP contribution in [0.4, 0.5) is 5.69 Å². The number of nitrogens with one attached hydrogen (secondary N) is 1. The SMILES string of the molecule is Cc1cc(C)n(Cc2cccc(NC(=O)C3CC3C(=O)O)c2)n1. The maximum Gasteiger partial charge on any atom is 0.307 e. The zero-order valence-corrected chi connectivity index (χ0v) is 13.1. The molecule has 0 radical (unpaired) electrons. The van der Waals surface area contributed by atoms with E-state index in [9.17, 15) is 9.59 Å². The molecule has 1 fully saturated rings. The van der Waals surface area contributed by atoms with E-state index in [-0.39, 0.29) is 5.91 Å². The molecule has 1 aliphatic carbocycles. The van der Waals surface area contributed by atoms with Crippen LogP contribution in [-0.2, 0) is 16.1 Å². The summed E-state index contributed by atoms with van der Waals surface area (Å²) in [6.45, 7) is 4.59. The van der Waals surface area contributed by atoms with Crippen LogP contribution in [0, 0.1) is 25.7 Å². The van der Waals surface area contributed by atoms with E-state index in [1.54, 1.807) is 6.07 Å². The number of aliphatic carboxylic acids is 1. The molecule has 0 bridgehead atoms. The van der Waals surface area contributed by atoms with Crippen molar-refractivity contribution >= 4 is 17.6 Å². The number of rotatable bonds is 5. The molecule has 1 heterocycles. The first kappa shape index (κ1) is 15.3. The summed E-state index contributed by atoms with van der Waals surface area (Å²) in [6.07, 6.45) is 0.423. The Balaban J connectivity index is 1.67. The van der Waals surface area contributed by atoms with Crippen molar-refractivity contribution < 1.29 is 14.7 Å². The predicted octanol–water partition coefficient (Wildman–Crippen LogP) is 2.21. The third-order valence-electron chi connectivity index (χ3n) is 4.07. The van der Waals surface area contributed by atoms with Crippen LogP contribution in [0.25, 0.3) is 0 Å². The fourth-order valence-corrected chi connectivity index (χ4v) is 2.75. The molecule has 120 valence electrons. The summed E-state index contributed by atoms with van der Waals surface area (Å²) in [7, 11) is 0. The standard InChI is InChI=1S/C17H19N3O3/c1-10-6-11(2)20(19-10)9-12-4-3-5-13(7-12)18-16(21)14-8-15(14)17(22)23/h3-7,14-15H,8-9H2,1-2H3,(H,18,21)(H,22,23). The molecule has 2 N–H and O–H groups in total. The fourth-order valence-electron chi connectivity index (χ4n) is 2.75. The Morgan fingerprint density at radius 2 is 2.09 bits per heavy atom. The highest BCUT2D eigenvalue weighted by atomic mass is 16.4. The Hall–Kier alpha value is -2.63. The summed E-state index contributed by atoms with van der Waals surface area (Å²) in [4.78, 5) is 22.9. The van der Waals surface area contributed by atoms with Gasteiger partial charge in [-0.05, 0) is 44.0 Å². The van der Waals surface area contributed by atoms with Crippen molar-refractivity contribution in [3.05, 3.63) is 47.3 Å². The van der Waals surface area contributed by atoms with Gasteiger partial charge in [0, 0.05) is 11.4 Å². The van der Waals surface area contributed by atoms with Gasteiger partial charge in [-0.3, -0.25) is 14.3 Å². The quantitative estimate of drug-likeness (QED) is 0.886. The Morgan fingerprint density at radius 3 is 2.70 bits per heavy atom. The predicted molar refractivity (Wildman–Crippen MR) is 85.1 cm³/mol. The second-order valence-corrected chi connectivity index (χ2v) is 6.06. The molecule has 6 nitrogen and oxygen atoms in total. The molecule has 1 aliphatic rings. The average Bonchev–Trinajstić information content (AvgIpc) is 3.22. The van der Waals surface area contributed by atoms with Crippen LogP contribution in [0.2, 0.25) is 0 Å². The summed E-state index contributed by atoms with van der Waals surface area (Å²) < 4.78 is 1.91. The number of hydrogen-bond acceptors (Lipinski definition) is 3. The molecule has 1 aromatic carbocycles. The van der Waals surface area contributed by atoms with Crippen molar-refractivity contribution in [1.29, 1.82) is 0 Å². The van der Waals surface area contributed by atoms with E-state index < -0.39 is 17.8 Å². The number of amides is 1. The lowest BCUT2D eigenvalue weighted by atomic mass is 10.2. The summed E-state index contributed by atoms with van der Waals surface area (Å²) in [5, 5.41) is 16.1. The summed E-state index contributed by atoms with van der Waals surface area (Å²) >= 11 is 0. The highest BCUT2D eigenvalue weighted by Gasteiger charge is 2.48. The number of benzene rings is 1. The van der Waals surface area contributed by atoms with Gasteiger partial charge >= 0.3 is 5.97 Å². The Morgan fingerprint density at radius 1 is 1.30 bits per heavy atom. The van der Waals surface area contributed by atoms with Crippen molar-refractivity contribution in [2.75, 3.05) is 5.32 Å². The molecule has 2 aromatic rings. The number of aryl methyl sites for hydroxylation is 2. The highest BCUT2D eigenvalue weighted by Crippen LogP contribution is 2.39. The number of carbonyl (C=O) groups excluding carboxylic acids is 1. The number of carbonyl (C=O) groups is 2. The molecule has 0 saturated heterocycles. The Bertz CT molecular complexity index is 766. The van der Waals surface area contributed by atoms with E-state index in [0.29, 0.717) is 18.7 Å². The van der Waals surface area contributed by atoms with Gasteiger partial charge in [0.25, 0.3) is 0 Å².